The number of rotatable bonds is 2. The van der Waals surface area contributed by atoms with Gasteiger partial charge in [0.05, 0.1) is 20.2 Å². The van der Waals surface area contributed by atoms with E-state index in [1.165, 1.54) is 0 Å². The molecule has 1 amide bonds. The van der Waals surface area contributed by atoms with Crippen molar-refractivity contribution in [1.82, 2.24) is 4.57 Å². The monoisotopic (exact) mass is 346 g/mol. The molecule has 0 aliphatic carbocycles. The molecule has 2 aromatic rings. The Labute approximate surface area is 123 Å². The zero-order chi connectivity index (χ0) is 13.3. The second-order valence-electron chi connectivity index (χ2n) is 3.71. The van der Waals surface area contributed by atoms with E-state index in [1.54, 1.807) is 42.1 Å². The Morgan fingerprint density at radius 1 is 1.39 bits per heavy atom. The van der Waals surface area contributed by atoms with Crippen LogP contribution in [0.25, 0.3) is 0 Å². The van der Waals surface area contributed by atoms with Crippen molar-refractivity contribution in [3.8, 4) is 0 Å². The van der Waals surface area contributed by atoms with Gasteiger partial charge in [-0.05, 0) is 34.1 Å². The fourth-order valence-corrected chi connectivity index (χ4v) is 2.32. The van der Waals surface area contributed by atoms with E-state index in [0.29, 0.717) is 25.9 Å². The minimum atomic E-state index is -0.243. The molecule has 0 unspecified atom stereocenters. The molecule has 18 heavy (non-hydrogen) atoms. The van der Waals surface area contributed by atoms with E-state index in [1.807, 2.05) is 0 Å². The number of anilines is 1. The van der Waals surface area contributed by atoms with Gasteiger partial charge in [-0.25, -0.2) is 0 Å². The Bertz CT molecular complexity index is 610. The molecule has 1 aromatic heterocycles. The average Bonchev–Trinajstić information content (AvgIpc) is 2.64. The molecule has 0 saturated carbocycles. The number of carbonyl (C=O) groups excluding carboxylic acids is 1. The van der Waals surface area contributed by atoms with E-state index in [2.05, 4.69) is 21.2 Å². The van der Waals surface area contributed by atoms with Crippen molar-refractivity contribution in [2.24, 2.45) is 7.05 Å². The Morgan fingerprint density at radius 3 is 2.72 bits per heavy atom. The second-order valence-corrected chi connectivity index (χ2v) is 5.35. The van der Waals surface area contributed by atoms with Crippen LogP contribution in [-0.2, 0) is 7.05 Å². The van der Waals surface area contributed by atoms with Gasteiger partial charge < -0.3 is 9.88 Å². The number of amides is 1. The molecule has 0 atom stereocenters. The highest BCUT2D eigenvalue weighted by Crippen LogP contribution is 2.30. The quantitative estimate of drug-likeness (QED) is 0.861. The van der Waals surface area contributed by atoms with E-state index in [-0.39, 0.29) is 5.91 Å². The molecule has 1 aromatic carbocycles. The van der Waals surface area contributed by atoms with E-state index >= 15 is 0 Å². The lowest BCUT2D eigenvalue weighted by molar-refractivity contribution is 0.101. The molecule has 0 spiro atoms. The first-order valence-corrected chi connectivity index (χ1v) is 6.61. The van der Waals surface area contributed by atoms with Gasteiger partial charge >= 0.3 is 0 Å². The van der Waals surface area contributed by atoms with Crippen molar-refractivity contribution < 1.29 is 4.79 Å². The molecule has 0 aliphatic rings. The van der Waals surface area contributed by atoms with E-state index in [9.17, 15) is 4.79 Å². The van der Waals surface area contributed by atoms with Crippen molar-refractivity contribution in [2.75, 3.05) is 5.32 Å². The molecule has 3 nitrogen and oxygen atoms in total. The van der Waals surface area contributed by atoms with Crippen LogP contribution in [0.1, 0.15) is 10.5 Å². The maximum Gasteiger partial charge on any atom is 0.272 e. The van der Waals surface area contributed by atoms with Crippen LogP contribution >= 0.6 is 39.1 Å². The highest BCUT2D eigenvalue weighted by atomic mass is 79.9. The van der Waals surface area contributed by atoms with E-state index in [4.69, 9.17) is 23.2 Å². The third-order valence-electron chi connectivity index (χ3n) is 2.40. The number of benzene rings is 1. The predicted octanol–water partition coefficient (Wildman–Crippen LogP) is 4.35. The van der Waals surface area contributed by atoms with Gasteiger partial charge in [-0.2, -0.15) is 0 Å². The molecule has 0 fully saturated rings. The smallest absolute Gasteiger partial charge is 0.272 e. The Balaban J connectivity index is 2.27. The van der Waals surface area contributed by atoms with Gasteiger partial charge in [-0.3, -0.25) is 4.79 Å². The maximum absolute atomic E-state index is 12.1. The van der Waals surface area contributed by atoms with Crippen molar-refractivity contribution in [2.45, 2.75) is 0 Å². The first-order valence-electron chi connectivity index (χ1n) is 5.06. The molecule has 6 heteroatoms. The van der Waals surface area contributed by atoms with Gasteiger partial charge in [-0.15, -0.1) is 0 Å². The summed E-state index contributed by atoms with van der Waals surface area (Å²) in [7, 11) is 1.76. The van der Waals surface area contributed by atoms with Crippen molar-refractivity contribution in [3.05, 3.63) is 50.7 Å². The highest BCUT2D eigenvalue weighted by molar-refractivity contribution is 9.10. The lowest BCUT2D eigenvalue weighted by Gasteiger charge is -2.08. The third-order valence-corrected chi connectivity index (χ3v) is 4.01. The molecule has 0 radical (unpaired) electrons. The number of halogens is 3. The summed E-state index contributed by atoms with van der Waals surface area (Å²) in [5, 5.41) is 3.83. The average molecular weight is 348 g/mol. The summed E-state index contributed by atoms with van der Waals surface area (Å²) in [4.78, 5) is 12.1. The third kappa shape index (κ3) is 2.71. The Morgan fingerprint density at radius 2 is 2.11 bits per heavy atom. The van der Waals surface area contributed by atoms with Crippen LogP contribution in [0.5, 0.6) is 0 Å². The molecule has 2 rings (SSSR count). The largest absolute Gasteiger partial charge is 0.345 e. The topological polar surface area (TPSA) is 34.0 Å². The molecule has 1 heterocycles. The fraction of sp³-hybridized carbons (Fsp3) is 0.0833. The normalized spacial score (nSPS) is 10.4. The molecule has 0 aliphatic heterocycles. The number of nitrogens with zero attached hydrogens (tertiary/aromatic N) is 1. The number of aromatic nitrogens is 1. The van der Waals surface area contributed by atoms with Gasteiger partial charge in [0, 0.05) is 13.2 Å². The minimum absolute atomic E-state index is 0.243. The van der Waals surface area contributed by atoms with E-state index < -0.39 is 0 Å². The second kappa shape index (κ2) is 5.34. The molecule has 0 saturated heterocycles. The van der Waals surface area contributed by atoms with Gasteiger partial charge in [0.15, 0.2) is 0 Å². The SMILES string of the molecule is Cn1cc(Cl)cc1C(=O)Nc1cccc(Cl)c1Br. The predicted molar refractivity (Wildman–Crippen MR) is 77.5 cm³/mol. The minimum Gasteiger partial charge on any atom is -0.345 e. The Kier molecular flexibility index (Phi) is 4.00. The van der Waals surface area contributed by atoms with E-state index in [0.717, 1.165) is 0 Å². The molecule has 0 bridgehead atoms. The molecular weight excluding hydrogens is 339 g/mol. The van der Waals surface area contributed by atoms with Crippen LogP contribution in [0.4, 0.5) is 5.69 Å². The van der Waals surface area contributed by atoms with Crippen LogP contribution in [-0.4, -0.2) is 10.5 Å². The van der Waals surface area contributed by atoms with Crippen LogP contribution < -0.4 is 5.32 Å². The molecule has 94 valence electrons. The number of nitrogens with one attached hydrogen (secondary N) is 1. The van der Waals surface area contributed by atoms with Crippen LogP contribution in [0.15, 0.2) is 34.9 Å². The number of aryl methyl sites for hydroxylation is 1. The summed E-state index contributed by atoms with van der Waals surface area (Å²) in [5.74, 6) is -0.243. The summed E-state index contributed by atoms with van der Waals surface area (Å²) in [6.07, 6.45) is 1.67. The van der Waals surface area contributed by atoms with Crippen molar-refractivity contribution >= 4 is 50.7 Å². The number of hydrogen-bond acceptors (Lipinski definition) is 1. The summed E-state index contributed by atoms with van der Waals surface area (Å²) in [6, 6.07) is 6.87. The molecule has 1 N–H and O–H groups in total. The van der Waals surface area contributed by atoms with Crippen LogP contribution in [0.3, 0.4) is 0 Å². The zero-order valence-corrected chi connectivity index (χ0v) is 12.5. The van der Waals surface area contributed by atoms with Gasteiger partial charge in [0.2, 0.25) is 0 Å². The summed E-state index contributed by atoms with van der Waals surface area (Å²) in [6.45, 7) is 0. The summed E-state index contributed by atoms with van der Waals surface area (Å²) < 4.78 is 2.32. The van der Waals surface area contributed by atoms with Crippen molar-refractivity contribution in [3.63, 3.8) is 0 Å². The lowest BCUT2D eigenvalue weighted by atomic mass is 10.3. The number of hydrogen-bond donors (Lipinski definition) is 1. The standard InChI is InChI=1S/C12H9BrCl2N2O/c1-17-6-7(14)5-10(17)12(18)16-9-4-2-3-8(15)11(9)13/h2-6H,1H3,(H,16,18). The maximum atomic E-state index is 12.1. The highest BCUT2D eigenvalue weighted by Gasteiger charge is 2.13. The summed E-state index contributed by atoms with van der Waals surface area (Å²) in [5.41, 5.74) is 1.09. The van der Waals surface area contributed by atoms with Crippen molar-refractivity contribution in [1.29, 1.82) is 0 Å². The van der Waals surface area contributed by atoms with Gasteiger partial charge in [-0.1, -0.05) is 29.3 Å². The van der Waals surface area contributed by atoms with Gasteiger partial charge in [0.25, 0.3) is 5.91 Å². The Hall–Kier alpha value is -0.970. The van der Waals surface area contributed by atoms with Crippen LogP contribution in [0, 0.1) is 0 Å². The first-order chi connectivity index (χ1) is 8.49. The fourth-order valence-electron chi connectivity index (χ4n) is 1.54. The zero-order valence-electron chi connectivity index (χ0n) is 9.38. The lowest BCUT2D eigenvalue weighted by Crippen LogP contribution is -2.15. The summed E-state index contributed by atoms with van der Waals surface area (Å²) >= 11 is 15.1. The van der Waals surface area contributed by atoms with Crippen LogP contribution in [0.2, 0.25) is 10.0 Å². The number of carbonyl (C=O) groups is 1. The first kappa shape index (κ1) is 13.5. The van der Waals surface area contributed by atoms with Gasteiger partial charge in [0.1, 0.15) is 5.69 Å². The molecular formula is C12H9BrCl2N2O.